The van der Waals surface area contributed by atoms with Crippen LogP contribution in [-0.2, 0) is 14.3 Å². The molecule has 0 aliphatic rings. The van der Waals surface area contributed by atoms with E-state index in [1.165, 1.54) is 11.0 Å². The summed E-state index contributed by atoms with van der Waals surface area (Å²) in [4.78, 5) is 34.3. The Bertz CT molecular complexity index is 338. The van der Waals surface area contributed by atoms with E-state index in [2.05, 4.69) is 10.1 Å². The summed E-state index contributed by atoms with van der Waals surface area (Å²) in [6.07, 6.45) is 2.67. The largest absolute Gasteiger partial charge is 0.480 e. The SMILES string of the molecule is COC(=O)N[C@@H](CC/C=C/C(=O)N(C)C)C(=O)O. The lowest BCUT2D eigenvalue weighted by Gasteiger charge is -2.12. The second kappa shape index (κ2) is 8.10. The predicted octanol–water partition coefficient (Wildman–Crippen LogP) is 0.220. The van der Waals surface area contributed by atoms with Gasteiger partial charge in [0.2, 0.25) is 5.91 Å². The van der Waals surface area contributed by atoms with E-state index in [1.807, 2.05) is 0 Å². The summed E-state index contributed by atoms with van der Waals surface area (Å²) in [5.74, 6) is -1.32. The number of likely N-dealkylation sites (N-methyl/N-ethyl adjacent to an activating group) is 1. The fourth-order valence-electron chi connectivity index (χ4n) is 1.05. The standard InChI is InChI=1S/C11H18N2O5/c1-13(2)9(14)7-5-4-6-8(10(15)16)12-11(17)18-3/h5,7-8H,4,6H2,1-3H3,(H,12,17)(H,15,16)/b7-5+/t8-/m0/s1. The number of hydrogen-bond donors (Lipinski definition) is 2. The summed E-state index contributed by atoms with van der Waals surface area (Å²) in [5.41, 5.74) is 0. The van der Waals surface area contributed by atoms with Crippen molar-refractivity contribution in [2.75, 3.05) is 21.2 Å². The van der Waals surface area contributed by atoms with E-state index >= 15 is 0 Å². The molecule has 0 rings (SSSR count). The Morgan fingerprint density at radius 2 is 2.00 bits per heavy atom. The highest BCUT2D eigenvalue weighted by Crippen LogP contribution is 2.00. The van der Waals surface area contributed by atoms with Crippen LogP contribution in [0, 0.1) is 0 Å². The summed E-state index contributed by atoms with van der Waals surface area (Å²) in [5, 5.41) is 11.0. The summed E-state index contributed by atoms with van der Waals surface area (Å²) in [7, 11) is 4.39. The van der Waals surface area contributed by atoms with Crippen LogP contribution in [0.2, 0.25) is 0 Å². The van der Waals surface area contributed by atoms with Gasteiger partial charge in [-0.15, -0.1) is 0 Å². The molecule has 2 N–H and O–H groups in total. The van der Waals surface area contributed by atoms with Gasteiger partial charge < -0.3 is 20.1 Å². The van der Waals surface area contributed by atoms with Crippen LogP contribution in [0.4, 0.5) is 4.79 Å². The van der Waals surface area contributed by atoms with Crippen molar-refractivity contribution < 1.29 is 24.2 Å². The monoisotopic (exact) mass is 258 g/mol. The number of hydrogen-bond acceptors (Lipinski definition) is 4. The fraction of sp³-hybridized carbons (Fsp3) is 0.545. The van der Waals surface area contributed by atoms with Crippen LogP contribution >= 0.6 is 0 Å². The van der Waals surface area contributed by atoms with Gasteiger partial charge in [-0.1, -0.05) is 6.08 Å². The van der Waals surface area contributed by atoms with E-state index in [9.17, 15) is 14.4 Å². The predicted molar refractivity (Wildman–Crippen MR) is 64.0 cm³/mol. The van der Waals surface area contributed by atoms with Crippen LogP contribution in [-0.4, -0.2) is 55.2 Å². The topological polar surface area (TPSA) is 95.9 Å². The van der Waals surface area contributed by atoms with Crippen molar-refractivity contribution in [2.24, 2.45) is 0 Å². The zero-order valence-corrected chi connectivity index (χ0v) is 10.7. The van der Waals surface area contributed by atoms with Crippen LogP contribution in [0.25, 0.3) is 0 Å². The third-order valence-corrected chi connectivity index (χ3v) is 2.10. The second-order valence-electron chi connectivity index (χ2n) is 3.74. The smallest absolute Gasteiger partial charge is 0.407 e. The molecular weight excluding hydrogens is 240 g/mol. The number of ether oxygens (including phenoxy) is 1. The van der Waals surface area contributed by atoms with E-state index in [1.54, 1.807) is 20.2 Å². The van der Waals surface area contributed by atoms with Crippen molar-refractivity contribution in [1.29, 1.82) is 0 Å². The van der Waals surface area contributed by atoms with Gasteiger partial charge in [0, 0.05) is 14.1 Å². The third-order valence-electron chi connectivity index (χ3n) is 2.10. The number of allylic oxidation sites excluding steroid dienone is 1. The van der Waals surface area contributed by atoms with Gasteiger partial charge in [0.15, 0.2) is 0 Å². The fourth-order valence-corrected chi connectivity index (χ4v) is 1.05. The lowest BCUT2D eigenvalue weighted by atomic mass is 10.1. The Hall–Kier alpha value is -2.05. The van der Waals surface area contributed by atoms with E-state index in [-0.39, 0.29) is 12.3 Å². The number of carbonyl (C=O) groups excluding carboxylic acids is 2. The number of alkyl carbamates (subject to hydrolysis) is 1. The molecule has 0 aromatic rings. The first-order valence-electron chi connectivity index (χ1n) is 5.33. The summed E-state index contributed by atoms with van der Waals surface area (Å²) >= 11 is 0. The van der Waals surface area contributed by atoms with Crippen LogP contribution in [0.15, 0.2) is 12.2 Å². The molecule has 0 heterocycles. The lowest BCUT2D eigenvalue weighted by Crippen LogP contribution is -2.40. The van der Waals surface area contributed by atoms with Gasteiger partial charge in [-0.3, -0.25) is 4.79 Å². The molecule has 0 saturated carbocycles. The minimum absolute atomic E-state index is 0.178. The Balaban J connectivity index is 4.17. The number of carboxylic acids is 1. The molecule has 0 fully saturated rings. The zero-order chi connectivity index (χ0) is 14.1. The molecule has 0 aromatic carbocycles. The van der Waals surface area contributed by atoms with Gasteiger partial charge in [0.05, 0.1) is 7.11 Å². The molecule has 7 nitrogen and oxygen atoms in total. The number of methoxy groups -OCH3 is 1. The molecule has 0 saturated heterocycles. The number of rotatable bonds is 6. The van der Waals surface area contributed by atoms with Crippen LogP contribution in [0.3, 0.4) is 0 Å². The number of nitrogens with one attached hydrogen (secondary N) is 1. The molecule has 0 aliphatic heterocycles. The van der Waals surface area contributed by atoms with Crippen LogP contribution in [0.1, 0.15) is 12.8 Å². The summed E-state index contributed by atoms with van der Waals surface area (Å²) in [6, 6.07) is -1.03. The Labute approximate surface area is 105 Å². The average Bonchev–Trinajstić information content (AvgIpc) is 2.31. The van der Waals surface area contributed by atoms with Crippen molar-refractivity contribution in [1.82, 2.24) is 10.2 Å². The molecule has 0 aromatic heterocycles. The zero-order valence-electron chi connectivity index (χ0n) is 10.7. The number of nitrogens with zero attached hydrogens (tertiary/aromatic N) is 1. The van der Waals surface area contributed by atoms with Crippen molar-refractivity contribution in [2.45, 2.75) is 18.9 Å². The highest BCUT2D eigenvalue weighted by atomic mass is 16.5. The van der Waals surface area contributed by atoms with Crippen LogP contribution in [0.5, 0.6) is 0 Å². The number of amides is 2. The average molecular weight is 258 g/mol. The first-order valence-corrected chi connectivity index (χ1v) is 5.33. The van der Waals surface area contributed by atoms with Gasteiger partial charge in [-0.2, -0.15) is 0 Å². The lowest BCUT2D eigenvalue weighted by molar-refractivity contribution is -0.139. The first kappa shape index (κ1) is 16.0. The maximum atomic E-state index is 11.2. The molecule has 0 bridgehead atoms. The minimum Gasteiger partial charge on any atom is -0.480 e. The molecule has 18 heavy (non-hydrogen) atoms. The summed E-state index contributed by atoms with van der Waals surface area (Å²) < 4.78 is 4.31. The van der Waals surface area contributed by atoms with E-state index in [0.717, 1.165) is 7.11 Å². The Morgan fingerprint density at radius 1 is 1.39 bits per heavy atom. The highest BCUT2D eigenvalue weighted by Gasteiger charge is 2.18. The van der Waals surface area contributed by atoms with Crippen molar-refractivity contribution >= 4 is 18.0 Å². The van der Waals surface area contributed by atoms with Gasteiger partial charge in [-0.25, -0.2) is 9.59 Å². The maximum absolute atomic E-state index is 11.2. The molecule has 102 valence electrons. The van der Waals surface area contributed by atoms with Gasteiger partial charge in [0.25, 0.3) is 0 Å². The molecule has 1 atom stereocenters. The van der Waals surface area contributed by atoms with E-state index < -0.39 is 18.1 Å². The molecule has 0 aliphatic carbocycles. The first-order chi connectivity index (χ1) is 8.38. The number of aliphatic carboxylic acids is 1. The van der Waals surface area contributed by atoms with Gasteiger partial charge in [0.1, 0.15) is 6.04 Å². The maximum Gasteiger partial charge on any atom is 0.407 e. The summed E-state index contributed by atoms with van der Waals surface area (Å²) in [6.45, 7) is 0. The normalized spacial score (nSPS) is 11.9. The van der Waals surface area contributed by atoms with E-state index in [0.29, 0.717) is 6.42 Å². The van der Waals surface area contributed by atoms with Crippen molar-refractivity contribution in [3.63, 3.8) is 0 Å². The van der Waals surface area contributed by atoms with E-state index in [4.69, 9.17) is 5.11 Å². The molecular formula is C11H18N2O5. The number of carbonyl (C=O) groups is 3. The molecule has 7 heteroatoms. The molecule has 0 unspecified atom stereocenters. The highest BCUT2D eigenvalue weighted by molar-refractivity contribution is 5.87. The molecule has 2 amide bonds. The Kier molecular flexibility index (Phi) is 7.18. The Morgan fingerprint density at radius 3 is 2.44 bits per heavy atom. The second-order valence-corrected chi connectivity index (χ2v) is 3.74. The van der Waals surface area contributed by atoms with Crippen molar-refractivity contribution in [3.05, 3.63) is 12.2 Å². The van der Waals surface area contributed by atoms with Crippen molar-refractivity contribution in [3.8, 4) is 0 Å². The van der Waals surface area contributed by atoms with Crippen LogP contribution < -0.4 is 5.32 Å². The quantitative estimate of drug-likeness (QED) is 0.664. The minimum atomic E-state index is -1.15. The molecule has 0 spiro atoms. The number of carboxylic acid groups (broad SMARTS) is 1. The van der Waals surface area contributed by atoms with Gasteiger partial charge in [-0.05, 0) is 18.9 Å². The molecule has 0 radical (unpaired) electrons. The van der Waals surface area contributed by atoms with Gasteiger partial charge >= 0.3 is 12.1 Å². The third kappa shape index (κ3) is 6.51.